The quantitative estimate of drug-likeness (QED) is 0.430. The van der Waals surface area contributed by atoms with E-state index in [1.807, 2.05) is 19.9 Å². The number of pyridine rings is 1. The Balaban J connectivity index is 1.37. The van der Waals surface area contributed by atoms with Crippen LogP contribution < -0.4 is 15.4 Å². The second-order valence-corrected chi connectivity index (χ2v) is 11.5. The molecule has 204 valence electrons. The maximum absolute atomic E-state index is 12.8. The number of nitrogens with zero attached hydrogens (tertiary/aromatic N) is 3. The highest BCUT2D eigenvalue weighted by Gasteiger charge is 2.52. The van der Waals surface area contributed by atoms with Crippen molar-refractivity contribution in [3.63, 3.8) is 0 Å². The smallest absolute Gasteiger partial charge is 0.387 e. The van der Waals surface area contributed by atoms with Crippen molar-refractivity contribution < 1.29 is 27.8 Å². The highest BCUT2D eigenvalue weighted by Crippen LogP contribution is 2.49. The fourth-order valence-corrected chi connectivity index (χ4v) is 6.57. The van der Waals surface area contributed by atoms with Crippen LogP contribution in [0.5, 0.6) is 5.75 Å². The van der Waals surface area contributed by atoms with Gasteiger partial charge in [0.05, 0.1) is 18.4 Å². The summed E-state index contributed by atoms with van der Waals surface area (Å²) in [5.74, 6) is 0.143. The summed E-state index contributed by atoms with van der Waals surface area (Å²) in [5.41, 5.74) is -0.627. The molecule has 1 saturated heterocycles. The Hall–Kier alpha value is -3.42. The van der Waals surface area contributed by atoms with Gasteiger partial charge in [0, 0.05) is 22.6 Å². The molecule has 3 aromatic rings. The molecule has 39 heavy (non-hydrogen) atoms. The van der Waals surface area contributed by atoms with E-state index in [2.05, 4.69) is 25.3 Å². The van der Waals surface area contributed by atoms with Gasteiger partial charge in [-0.2, -0.15) is 8.78 Å². The van der Waals surface area contributed by atoms with Crippen molar-refractivity contribution in [2.24, 2.45) is 10.9 Å². The van der Waals surface area contributed by atoms with E-state index in [4.69, 9.17) is 9.73 Å². The Morgan fingerprint density at radius 2 is 1.92 bits per heavy atom. The van der Waals surface area contributed by atoms with Gasteiger partial charge in [0.1, 0.15) is 27.8 Å². The molecule has 0 aliphatic carbocycles. The third-order valence-electron chi connectivity index (χ3n) is 6.39. The van der Waals surface area contributed by atoms with Crippen LogP contribution in [-0.4, -0.2) is 51.5 Å². The SMILES string of the molecule is CC1(C)C[C@H]2CSC(NC(=O)c3ccccc3)=N[C@@]2(c2nc(NC(=O)c3ccc(OC(F)F)cn3)cs2)CO1. The number of carbonyl (C=O) groups excluding carboxylic acids is 2. The van der Waals surface area contributed by atoms with Gasteiger partial charge in [-0.25, -0.2) is 15.0 Å². The van der Waals surface area contributed by atoms with E-state index >= 15 is 0 Å². The Bertz CT molecular complexity index is 1380. The number of aliphatic imine (C=N–C) groups is 1. The highest BCUT2D eigenvalue weighted by molar-refractivity contribution is 8.13. The number of nitrogens with one attached hydrogen (secondary N) is 2. The predicted octanol–water partition coefficient (Wildman–Crippen LogP) is 4.94. The molecule has 5 rings (SSSR count). The number of amidine groups is 1. The first-order chi connectivity index (χ1) is 18.6. The van der Waals surface area contributed by atoms with Gasteiger partial charge >= 0.3 is 6.61 Å². The summed E-state index contributed by atoms with van der Waals surface area (Å²) < 4.78 is 35.2. The molecule has 2 aliphatic rings. The number of thioether (sulfide) groups is 1. The first-order valence-corrected chi connectivity index (χ1v) is 13.9. The summed E-state index contributed by atoms with van der Waals surface area (Å²) in [6.07, 6.45) is 1.79. The summed E-state index contributed by atoms with van der Waals surface area (Å²) in [6, 6.07) is 11.4. The number of anilines is 1. The summed E-state index contributed by atoms with van der Waals surface area (Å²) >= 11 is 2.83. The number of rotatable bonds is 6. The van der Waals surface area contributed by atoms with E-state index in [1.165, 1.54) is 35.2 Å². The van der Waals surface area contributed by atoms with E-state index in [0.29, 0.717) is 27.3 Å². The number of benzene rings is 1. The minimum absolute atomic E-state index is 0.0166. The number of fused-ring (bicyclic) bond motifs is 1. The minimum Gasteiger partial charge on any atom is -0.433 e. The molecule has 13 heteroatoms. The number of alkyl halides is 2. The fraction of sp³-hybridized carbons (Fsp3) is 0.346. The van der Waals surface area contributed by atoms with Crippen LogP contribution in [0.4, 0.5) is 14.6 Å². The largest absolute Gasteiger partial charge is 0.433 e. The lowest BCUT2D eigenvalue weighted by molar-refractivity contribution is -0.109. The first-order valence-electron chi connectivity index (χ1n) is 12.0. The van der Waals surface area contributed by atoms with E-state index in [0.717, 1.165) is 12.6 Å². The van der Waals surface area contributed by atoms with Crippen molar-refractivity contribution in [2.45, 2.75) is 38.0 Å². The standard InChI is InChI=1S/C26H25F2N5O4S2/c1-25(2)10-16-12-39-24(32-20(34)15-6-4-3-5-7-15)33-26(16,14-36-25)22-31-19(13-38-22)30-21(35)18-9-8-17(11-29-18)37-23(27)28/h3-9,11,13,16,23H,10,12,14H2,1-2H3,(H,30,35)(H,32,33,34)/t16-,26-/m0/s1. The van der Waals surface area contributed by atoms with Crippen molar-refractivity contribution in [2.75, 3.05) is 17.7 Å². The number of carbonyl (C=O) groups is 2. The average molecular weight is 574 g/mol. The van der Waals surface area contributed by atoms with Crippen molar-refractivity contribution in [1.82, 2.24) is 15.3 Å². The molecule has 1 fully saturated rings. The predicted molar refractivity (Wildman–Crippen MR) is 145 cm³/mol. The lowest BCUT2D eigenvalue weighted by Gasteiger charge is -2.48. The number of hydrogen-bond donors (Lipinski definition) is 2. The van der Waals surface area contributed by atoms with Crippen LogP contribution in [0.1, 0.15) is 46.1 Å². The summed E-state index contributed by atoms with van der Waals surface area (Å²) in [6.45, 7) is 1.36. The van der Waals surface area contributed by atoms with E-state index in [9.17, 15) is 18.4 Å². The maximum atomic E-state index is 12.8. The van der Waals surface area contributed by atoms with Gasteiger partial charge in [0.25, 0.3) is 11.8 Å². The molecule has 0 radical (unpaired) electrons. The van der Waals surface area contributed by atoms with Gasteiger partial charge < -0.3 is 20.1 Å². The number of aromatic nitrogens is 2. The first kappa shape index (κ1) is 27.2. The highest BCUT2D eigenvalue weighted by atomic mass is 32.2. The molecule has 4 heterocycles. The van der Waals surface area contributed by atoms with Gasteiger partial charge in [0.2, 0.25) is 0 Å². The molecule has 2 atom stereocenters. The average Bonchev–Trinajstić information content (AvgIpc) is 3.38. The molecule has 1 aromatic carbocycles. The lowest BCUT2D eigenvalue weighted by Crippen LogP contribution is -2.53. The van der Waals surface area contributed by atoms with E-state index in [1.54, 1.807) is 29.6 Å². The zero-order chi connectivity index (χ0) is 27.6. The van der Waals surface area contributed by atoms with Gasteiger partial charge in [0.15, 0.2) is 5.17 Å². The van der Waals surface area contributed by atoms with Crippen LogP contribution in [0.25, 0.3) is 0 Å². The summed E-state index contributed by atoms with van der Waals surface area (Å²) in [5, 5.41) is 8.45. The van der Waals surface area contributed by atoms with Crippen LogP contribution in [0.3, 0.4) is 0 Å². The fourth-order valence-electron chi connectivity index (χ4n) is 4.46. The van der Waals surface area contributed by atoms with Crippen molar-refractivity contribution >= 4 is 45.9 Å². The molecule has 2 aromatic heterocycles. The van der Waals surface area contributed by atoms with E-state index < -0.39 is 18.1 Å². The topological polar surface area (TPSA) is 115 Å². The van der Waals surface area contributed by atoms with Crippen LogP contribution in [0.15, 0.2) is 59.0 Å². The second kappa shape index (κ2) is 11.0. The Morgan fingerprint density at radius 1 is 1.13 bits per heavy atom. The maximum Gasteiger partial charge on any atom is 0.387 e. The van der Waals surface area contributed by atoms with Crippen molar-refractivity contribution in [3.05, 3.63) is 70.3 Å². The zero-order valence-electron chi connectivity index (χ0n) is 21.0. The molecule has 0 unspecified atom stereocenters. The summed E-state index contributed by atoms with van der Waals surface area (Å²) in [7, 11) is 0. The number of hydrogen-bond acceptors (Lipinski definition) is 9. The molecule has 2 N–H and O–H groups in total. The van der Waals surface area contributed by atoms with E-state index in [-0.39, 0.29) is 35.5 Å². The number of amides is 2. The van der Waals surface area contributed by atoms with Crippen LogP contribution >= 0.6 is 23.1 Å². The molecule has 2 amide bonds. The minimum atomic E-state index is -2.98. The molecular weight excluding hydrogens is 548 g/mol. The van der Waals surface area contributed by atoms with Crippen molar-refractivity contribution in [1.29, 1.82) is 0 Å². The second-order valence-electron chi connectivity index (χ2n) is 9.67. The third kappa shape index (κ3) is 6.10. The van der Waals surface area contributed by atoms with Gasteiger partial charge in [-0.05, 0) is 44.5 Å². The number of thiazole rings is 1. The third-order valence-corrected chi connectivity index (χ3v) is 8.43. The molecule has 9 nitrogen and oxygen atoms in total. The normalized spacial score (nSPS) is 22.0. The number of halogens is 2. The molecule has 0 spiro atoms. The van der Waals surface area contributed by atoms with Crippen molar-refractivity contribution in [3.8, 4) is 5.75 Å². The Morgan fingerprint density at radius 3 is 2.64 bits per heavy atom. The molecule has 2 aliphatic heterocycles. The van der Waals surface area contributed by atoms with Gasteiger partial charge in [-0.1, -0.05) is 30.0 Å². The Kier molecular flexibility index (Phi) is 7.65. The monoisotopic (exact) mass is 573 g/mol. The lowest BCUT2D eigenvalue weighted by atomic mass is 9.77. The Labute approximate surface area is 231 Å². The number of ether oxygens (including phenoxy) is 2. The molecule has 0 saturated carbocycles. The molecule has 0 bridgehead atoms. The van der Waals surface area contributed by atoms with Crippen LogP contribution in [-0.2, 0) is 10.3 Å². The van der Waals surface area contributed by atoms with Crippen LogP contribution in [0, 0.1) is 5.92 Å². The molecular formula is C26H25F2N5O4S2. The zero-order valence-corrected chi connectivity index (χ0v) is 22.7. The summed E-state index contributed by atoms with van der Waals surface area (Å²) in [4.78, 5) is 39.1. The van der Waals surface area contributed by atoms with Crippen LogP contribution in [0.2, 0.25) is 0 Å². The van der Waals surface area contributed by atoms with Gasteiger partial charge in [-0.3, -0.25) is 9.59 Å². The van der Waals surface area contributed by atoms with Gasteiger partial charge in [-0.15, -0.1) is 11.3 Å².